The van der Waals surface area contributed by atoms with Crippen molar-refractivity contribution < 1.29 is 0 Å². The average molecular weight is 649 g/mol. The van der Waals surface area contributed by atoms with E-state index in [2.05, 4.69) is 151 Å². The second kappa shape index (κ2) is 12.7. The van der Waals surface area contributed by atoms with Gasteiger partial charge in [-0.25, -0.2) is 0 Å². The molecule has 0 amide bonds. The summed E-state index contributed by atoms with van der Waals surface area (Å²) in [5.41, 5.74) is 9.60. The quantitative estimate of drug-likeness (QED) is 0.161. The summed E-state index contributed by atoms with van der Waals surface area (Å²) in [6.45, 7) is 13.5. The van der Waals surface area contributed by atoms with E-state index in [1.165, 1.54) is 41.8 Å². The Morgan fingerprint density at radius 1 is 0.432 bits per heavy atom. The van der Waals surface area contributed by atoms with Crippen LogP contribution >= 0.6 is 44.7 Å². The lowest BCUT2D eigenvalue weighted by molar-refractivity contribution is 0.590. The first-order chi connectivity index (χ1) is 21.1. The minimum Gasteiger partial charge on any atom is -0.191 e. The third-order valence-electron chi connectivity index (χ3n) is 7.63. The van der Waals surface area contributed by atoms with E-state index in [0.717, 1.165) is 22.5 Å². The van der Waals surface area contributed by atoms with Crippen molar-refractivity contribution in [1.82, 2.24) is 8.75 Å². The van der Waals surface area contributed by atoms with Gasteiger partial charge in [0.1, 0.15) is 0 Å². The molecule has 2 aromatic heterocycles. The lowest BCUT2D eigenvalue weighted by Gasteiger charge is -2.19. The van der Waals surface area contributed by atoms with Crippen LogP contribution in [0.1, 0.15) is 52.7 Å². The molecule has 0 spiro atoms. The van der Waals surface area contributed by atoms with Crippen LogP contribution in [0.2, 0.25) is 0 Å². The molecule has 0 saturated heterocycles. The standard InChI is InChI=1S/C38H36N2S4/c1-37(2,3)29-21-17-27(18-22-29)33-35(31(39-41-33)25-13-9-7-10-14-25)43-44-36-32(26-15-11-8-12-16-26)40-42-34(36)28-19-23-30(24-20-28)38(4,5)6/h7-24H,1-6H3. The third-order valence-corrected chi connectivity index (χ3v) is 12.1. The molecule has 0 radical (unpaired) electrons. The molecule has 6 aromatic rings. The number of hydrogen-bond donors (Lipinski definition) is 0. The van der Waals surface area contributed by atoms with Crippen LogP contribution in [0.3, 0.4) is 0 Å². The number of aromatic nitrogens is 2. The van der Waals surface area contributed by atoms with E-state index in [1.807, 2.05) is 0 Å². The molecule has 0 saturated carbocycles. The highest BCUT2D eigenvalue weighted by atomic mass is 33.1. The first-order valence-electron chi connectivity index (χ1n) is 14.8. The highest BCUT2D eigenvalue weighted by Crippen LogP contribution is 2.53. The van der Waals surface area contributed by atoms with E-state index < -0.39 is 0 Å². The van der Waals surface area contributed by atoms with Crippen LogP contribution in [-0.2, 0) is 10.8 Å². The van der Waals surface area contributed by atoms with Crippen LogP contribution in [0.5, 0.6) is 0 Å². The van der Waals surface area contributed by atoms with Gasteiger partial charge in [-0.15, -0.1) is 0 Å². The average Bonchev–Trinajstić information content (AvgIpc) is 3.65. The minimum atomic E-state index is 0.107. The van der Waals surface area contributed by atoms with Gasteiger partial charge < -0.3 is 0 Å². The maximum Gasteiger partial charge on any atom is 0.0991 e. The maximum atomic E-state index is 5.02. The third kappa shape index (κ3) is 6.59. The molecule has 0 bridgehead atoms. The Bertz CT molecular complexity index is 1700. The number of hydrogen-bond acceptors (Lipinski definition) is 6. The van der Waals surface area contributed by atoms with Crippen molar-refractivity contribution in [2.45, 2.75) is 62.2 Å². The summed E-state index contributed by atoms with van der Waals surface area (Å²) < 4.78 is 10.0. The molecule has 44 heavy (non-hydrogen) atoms. The second-order valence-corrected chi connectivity index (χ2v) is 16.6. The first kappa shape index (κ1) is 30.8. The molecule has 0 fully saturated rings. The van der Waals surface area contributed by atoms with Crippen LogP contribution in [0.15, 0.2) is 119 Å². The van der Waals surface area contributed by atoms with Crippen LogP contribution in [0.4, 0.5) is 0 Å². The van der Waals surface area contributed by atoms with E-state index in [9.17, 15) is 0 Å². The normalized spacial score (nSPS) is 12.0. The topological polar surface area (TPSA) is 25.8 Å². The van der Waals surface area contributed by atoms with Crippen molar-refractivity contribution in [1.29, 1.82) is 0 Å². The van der Waals surface area contributed by atoms with Gasteiger partial charge in [0.25, 0.3) is 0 Å². The molecule has 0 unspecified atom stereocenters. The van der Waals surface area contributed by atoms with Crippen molar-refractivity contribution in [3.8, 4) is 43.4 Å². The highest BCUT2D eigenvalue weighted by Gasteiger charge is 2.24. The molecular weight excluding hydrogens is 613 g/mol. The van der Waals surface area contributed by atoms with Gasteiger partial charge in [0.05, 0.1) is 30.9 Å². The van der Waals surface area contributed by atoms with Crippen molar-refractivity contribution in [3.05, 3.63) is 120 Å². The van der Waals surface area contributed by atoms with Gasteiger partial charge in [-0.3, -0.25) is 0 Å². The van der Waals surface area contributed by atoms with Crippen molar-refractivity contribution in [2.24, 2.45) is 0 Å². The van der Waals surface area contributed by atoms with Crippen molar-refractivity contribution >= 4 is 44.7 Å². The molecule has 0 aliphatic heterocycles. The molecule has 0 aliphatic rings. The highest BCUT2D eigenvalue weighted by molar-refractivity contribution is 8.76. The minimum absolute atomic E-state index is 0.107. The number of nitrogens with zero attached hydrogens (tertiary/aromatic N) is 2. The summed E-state index contributed by atoms with van der Waals surface area (Å²) in [5, 5.41) is 0. The van der Waals surface area contributed by atoms with Crippen molar-refractivity contribution in [3.63, 3.8) is 0 Å². The fourth-order valence-corrected chi connectivity index (χ4v) is 9.99. The van der Waals surface area contributed by atoms with Crippen molar-refractivity contribution in [2.75, 3.05) is 0 Å². The molecule has 222 valence electrons. The Morgan fingerprint density at radius 2 is 0.773 bits per heavy atom. The zero-order valence-electron chi connectivity index (χ0n) is 25.9. The van der Waals surface area contributed by atoms with E-state index in [1.54, 1.807) is 44.7 Å². The number of rotatable bonds is 7. The summed E-state index contributed by atoms with van der Waals surface area (Å²) >= 11 is 3.16. The molecule has 2 nitrogen and oxygen atoms in total. The van der Waals surface area contributed by atoms with Gasteiger partial charge in [0, 0.05) is 11.1 Å². The Morgan fingerprint density at radius 3 is 1.09 bits per heavy atom. The van der Waals surface area contributed by atoms with Gasteiger partial charge in [0.15, 0.2) is 0 Å². The van der Waals surface area contributed by atoms with E-state index >= 15 is 0 Å². The molecule has 0 aliphatic carbocycles. The predicted molar refractivity (Wildman–Crippen MR) is 195 cm³/mol. The summed E-state index contributed by atoms with van der Waals surface area (Å²) in [4.78, 5) is 4.77. The molecule has 4 aromatic carbocycles. The maximum absolute atomic E-state index is 5.02. The second-order valence-electron chi connectivity index (χ2n) is 12.9. The molecule has 2 heterocycles. The van der Waals surface area contributed by atoms with Gasteiger partial charge >= 0.3 is 0 Å². The Kier molecular flexibility index (Phi) is 8.89. The summed E-state index contributed by atoms with van der Waals surface area (Å²) in [6.07, 6.45) is 0. The van der Waals surface area contributed by atoms with E-state index in [4.69, 9.17) is 8.75 Å². The molecular formula is C38H36N2S4. The van der Waals surface area contributed by atoms with Gasteiger partial charge in [-0.2, -0.15) is 8.75 Å². The van der Waals surface area contributed by atoms with Crippen LogP contribution < -0.4 is 0 Å². The fourth-order valence-electron chi connectivity index (χ4n) is 4.97. The van der Waals surface area contributed by atoms with Gasteiger partial charge in [-0.05, 0) is 77.7 Å². The van der Waals surface area contributed by atoms with Gasteiger partial charge in [0.2, 0.25) is 0 Å². The largest absolute Gasteiger partial charge is 0.191 e. The molecule has 0 N–H and O–H groups in total. The van der Waals surface area contributed by atoms with Crippen LogP contribution in [0.25, 0.3) is 43.4 Å². The molecule has 6 heteroatoms. The summed E-state index contributed by atoms with van der Waals surface area (Å²) in [7, 11) is 3.59. The van der Waals surface area contributed by atoms with E-state index in [-0.39, 0.29) is 10.8 Å². The lowest BCUT2D eigenvalue weighted by Crippen LogP contribution is -2.10. The zero-order chi connectivity index (χ0) is 30.9. The lowest BCUT2D eigenvalue weighted by atomic mass is 9.86. The van der Waals surface area contributed by atoms with E-state index in [0.29, 0.717) is 0 Å². The Labute approximate surface area is 277 Å². The summed E-state index contributed by atoms with van der Waals surface area (Å²) in [6, 6.07) is 39.1. The SMILES string of the molecule is CC(C)(C)c1ccc(-c2snc(-c3ccccc3)c2SSc2c(-c3ccccc3)nsc2-c2ccc(C(C)(C)C)cc2)cc1. The molecule has 0 atom stereocenters. The monoisotopic (exact) mass is 648 g/mol. The Balaban J connectivity index is 1.43. The fraction of sp³-hybridized carbons (Fsp3) is 0.211. The van der Waals surface area contributed by atoms with Crippen LogP contribution in [-0.4, -0.2) is 8.75 Å². The zero-order valence-corrected chi connectivity index (χ0v) is 29.2. The molecule has 6 rings (SSSR count). The van der Waals surface area contributed by atoms with Gasteiger partial charge in [-0.1, -0.05) is 151 Å². The first-order valence-corrected chi connectivity index (χ1v) is 18.5. The Hall–Kier alpha value is -3.16. The van der Waals surface area contributed by atoms with Crippen LogP contribution in [0, 0.1) is 0 Å². The predicted octanol–water partition coefficient (Wildman–Crippen LogP) is 12.7. The smallest absolute Gasteiger partial charge is 0.0991 e. The summed E-state index contributed by atoms with van der Waals surface area (Å²) in [5.74, 6) is 0. The number of benzene rings is 4.